The molecule has 0 saturated heterocycles. The molecule has 0 unspecified atom stereocenters. The van der Waals surface area contributed by atoms with Gasteiger partial charge in [0.2, 0.25) is 11.8 Å². The average molecular weight is 453 g/mol. The molecule has 0 saturated carbocycles. The van der Waals surface area contributed by atoms with Crippen molar-refractivity contribution in [1.82, 2.24) is 9.78 Å². The van der Waals surface area contributed by atoms with Crippen LogP contribution in [0.4, 0.5) is 11.5 Å². The summed E-state index contributed by atoms with van der Waals surface area (Å²) in [5, 5.41) is 7.03. The van der Waals surface area contributed by atoms with Crippen LogP contribution in [-0.4, -0.2) is 30.0 Å². The standard InChI is InChI=1S/C23H24N4O4S/c1-13-5-8-18(15(3)11-13)26-32(30,31)19-12-17(7-6-14(19)2)22-16(4)25-27-21(29)10-9-20(28)24-23(22)27/h5-8,11-12,26H,9-10H2,1-4H3,(H,24,28). The zero-order valence-corrected chi connectivity index (χ0v) is 19.1. The first-order valence-electron chi connectivity index (χ1n) is 10.2. The fourth-order valence-electron chi connectivity index (χ4n) is 3.86. The minimum atomic E-state index is -3.89. The van der Waals surface area contributed by atoms with E-state index in [1.807, 2.05) is 26.0 Å². The number of nitrogens with one attached hydrogen (secondary N) is 2. The van der Waals surface area contributed by atoms with E-state index in [1.54, 1.807) is 38.1 Å². The molecule has 0 fully saturated rings. The summed E-state index contributed by atoms with van der Waals surface area (Å²) < 4.78 is 30.4. The second-order valence-corrected chi connectivity index (χ2v) is 9.72. The van der Waals surface area contributed by atoms with E-state index >= 15 is 0 Å². The van der Waals surface area contributed by atoms with Crippen LogP contribution < -0.4 is 10.0 Å². The van der Waals surface area contributed by atoms with Crippen LogP contribution in [0.1, 0.15) is 40.0 Å². The summed E-state index contributed by atoms with van der Waals surface area (Å²) in [6.45, 7) is 7.23. The first kappa shape index (κ1) is 21.8. The molecule has 1 amide bonds. The number of sulfonamides is 1. The normalized spacial score (nSPS) is 14.0. The molecule has 0 aliphatic carbocycles. The van der Waals surface area contributed by atoms with Gasteiger partial charge in [-0.3, -0.25) is 14.3 Å². The Kier molecular flexibility index (Phi) is 5.37. The number of aryl methyl sites for hydroxylation is 4. The third-order valence-corrected chi connectivity index (χ3v) is 7.02. The number of hydrogen-bond donors (Lipinski definition) is 2. The first-order valence-corrected chi connectivity index (χ1v) is 11.7. The summed E-state index contributed by atoms with van der Waals surface area (Å²) in [6.07, 6.45) is 0.140. The zero-order valence-electron chi connectivity index (χ0n) is 18.3. The van der Waals surface area contributed by atoms with Crippen LogP contribution in [0.3, 0.4) is 0 Å². The van der Waals surface area contributed by atoms with E-state index in [2.05, 4.69) is 15.1 Å². The van der Waals surface area contributed by atoms with Crippen LogP contribution in [0.5, 0.6) is 0 Å². The molecule has 4 rings (SSSR count). The number of aromatic nitrogens is 2. The maximum Gasteiger partial charge on any atom is 0.262 e. The Hall–Kier alpha value is -3.46. The SMILES string of the molecule is Cc1ccc(NS(=O)(=O)c2cc(-c3c(C)nn4c3NC(=O)CCC4=O)ccc2C)c(C)c1. The predicted molar refractivity (Wildman–Crippen MR) is 122 cm³/mol. The van der Waals surface area contributed by atoms with Gasteiger partial charge in [0, 0.05) is 18.4 Å². The number of rotatable bonds is 4. The van der Waals surface area contributed by atoms with Crippen molar-refractivity contribution in [3.05, 3.63) is 58.8 Å². The van der Waals surface area contributed by atoms with Crippen molar-refractivity contribution < 1.29 is 18.0 Å². The number of carbonyl (C=O) groups excluding carboxylic acids is 2. The summed E-state index contributed by atoms with van der Waals surface area (Å²) in [7, 11) is -3.89. The van der Waals surface area contributed by atoms with E-state index < -0.39 is 10.0 Å². The highest BCUT2D eigenvalue weighted by atomic mass is 32.2. The molecule has 9 heteroatoms. The molecular formula is C23H24N4O4S. The second-order valence-electron chi connectivity index (χ2n) is 8.07. The second kappa shape index (κ2) is 7.90. The van der Waals surface area contributed by atoms with Gasteiger partial charge in [0.25, 0.3) is 10.0 Å². The van der Waals surface area contributed by atoms with Gasteiger partial charge in [-0.1, -0.05) is 29.8 Å². The highest BCUT2D eigenvalue weighted by molar-refractivity contribution is 7.92. The van der Waals surface area contributed by atoms with Crippen molar-refractivity contribution in [2.45, 2.75) is 45.4 Å². The molecule has 0 bridgehead atoms. The summed E-state index contributed by atoms with van der Waals surface area (Å²) in [6, 6.07) is 10.5. The van der Waals surface area contributed by atoms with Crippen LogP contribution in [0.2, 0.25) is 0 Å². The number of anilines is 2. The van der Waals surface area contributed by atoms with Gasteiger partial charge in [-0.05, 0) is 56.5 Å². The van der Waals surface area contributed by atoms with Crippen LogP contribution in [0.15, 0.2) is 41.3 Å². The van der Waals surface area contributed by atoms with E-state index in [1.165, 1.54) is 4.68 Å². The third kappa shape index (κ3) is 3.91. The summed E-state index contributed by atoms with van der Waals surface area (Å²) in [5.41, 5.74) is 4.53. The average Bonchev–Trinajstić information content (AvgIpc) is 2.97. The molecule has 166 valence electrons. The Morgan fingerprint density at radius 1 is 0.969 bits per heavy atom. The number of nitrogens with zero attached hydrogens (tertiary/aromatic N) is 2. The molecule has 1 aromatic heterocycles. The number of fused-ring (bicyclic) bond motifs is 1. The molecule has 32 heavy (non-hydrogen) atoms. The van der Waals surface area contributed by atoms with Crippen molar-refractivity contribution in [2.24, 2.45) is 0 Å². The minimum absolute atomic E-state index is 0.0622. The maximum absolute atomic E-state index is 13.3. The lowest BCUT2D eigenvalue weighted by Crippen LogP contribution is -2.15. The van der Waals surface area contributed by atoms with Gasteiger partial charge in [-0.25, -0.2) is 8.42 Å². The van der Waals surface area contributed by atoms with Crippen molar-refractivity contribution in [3.63, 3.8) is 0 Å². The van der Waals surface area contributed by atoms with Gasteiger partial charge in [0.05, 0.1) is 16.3 Å². The number of benzene rings is 2. The maximum atomic E-state index is 13.3. The molecule has 0 spiro atoms. The van der Waals surface area contributed by atoms with Gasteiger partial charge in [0.15, 0.2) is 0 Å². The van der Waals surface area contributed by atoms with Crippen LogP contribution >= 0.6 is 0 Å². The van der Waals surface area contributed by atoms with Crippen molar-refractivity contribution in [3.8, 4) is 11.1 Å². The Balaban J connectivity index is 1.81. The monoisotopic (exact) mass is 452 g/mol. The molecule has 1 aliphatic heterocycles. The van der Waals surface area contributed by atoms with Crippen molar-refractivity contribution in [2.75, 3.05) is 10.0 Å². The Morgan fingerprint density at radius 3 is 2.44 bits per heavy atom. The quantitative estimate of drug-likeness (QED) is 0.623. The van der Waals surface area contributed by atoms with Gasteiger partial charge >= 0.3 is 0 Å². The fourth-order valence-corrected chi connectivity index (χ4v) is 5.27. The van der Waals surface area contributed by atoms with Crippen LogP contribution in [-0.2, 0) is 14.8 Å². The highest BCUT2D eigenvalue weighted by Gasteiger charge is 2.27. The highest BCUT2D eigenvalue weighted by Crippen LogP contribution is 2.35. The molecule has 2 aromatic carbocycles. The molecule has 1 aliphatic rings. The number of carbonyl (C=O) groups is 2. The minimum Gasteiger partial charge on any atom is -0.310 e. The largest absolute Gasteiger partial charge is 0.310 e. The van der Waals surface area contributed by atoms with Gasteiger partial charge in [0.1, 0.15) is 5.82 Å². The summed E-state index contributed by atoms with van der Waals surface area (Å²) >= 11 is 0. The molecule has 8 nitrogen and oxygen atoms in total. The zero-order chi connectivity index (χ0) is 23.2. The number of hydrogen-bond acceptors (Lipinski definition) is 5. The smallest absolute Gasteiger partial charge is 0.262 e. The first-order chi connectivity index (χ1) is 15.1. The molecule has 3 aromatic rings. The van der Waals surface area contributed by atoms with Gasteiger partial charge < -0.3 is 5.32 Å². The van der Waals surface area contributed by atoms with E-state index in [0.29, 0.717) is 28.1 Å². The lowest BCUT2D eigenvalue weighted by molar-refractivity contribution is -0.116. The van der Waals surface area contributed by atoms with Crippen molar-refractivity contribution in [1.29, 1.82) is 0 Å². The Bertz CT molecular complexity index is 1370. The van der Waals surface area contributed by atoms with E-state index in [-0.39, 0.29) is 35.4 Å². The molecule has 2 N–H and O–H groups in total. The molecule has 0 atom stereocenters. The molecular weight excluding hydrogens is 428 g/mol. The van der Waals surface area contributed by atoms with Gasteiger partial charge in [-0.15, -0.1) is 0 Å². The van der Waals surface area contributed by atoms with Crippen LogP contribution in [0.25, 0.3) is 11.1 Å². The lowest BCUT2D eigenvalue weighted by atomic mass is 10.0. The molecule has 2 heterocycles. The van der Waals surface area contributed by atoms with E-state index in [9.17, 15) is 18.0 Å². The van der Waals surface area contributed by atoms with Gasteiger partial charge in [-0.2, -0.15) is 9.78 Å². The third-order valence-electron chi connectivity index (χ3n) is 5.51. The molecule has 0 radical (unpaired) electrons. The predicted octanol–water partition coefficient (Wildman–Crippen LogP) is 3.96. The van der Waals surface area contributed by atoms with Crippen LogP contribution in [0, 0.1) is 27.7 Å². The lowest BCUT2D eigenvalue weighted by Gasteiger charge is -2.14. The summed E-state index contributed by atoms with van der Waals surface area (Å²) in [4.78, 5) is 24.6. The topological polar surface area (TPSA) is 110 Å². The van der Waals surface area contributed by atoms with E-state index in [4.69, 9.17) is 0 Å². The van der Waals surface area contributed by atoms with Crippen molar-refractivity contribution >= 4 is 33.3 Å². The number of amides is 1. The van der Waals surface area contributed by atoms with E-state index in [0.717, 1.165) is 11.1 Å². The fraction of sp³-hybridized carbons (Fsp3) is 0.261. The Morgan fingerprint density at radius 2 is 1.72 bits per heavy atom. The summed E-state index contributed by atoms with van der Waals surface area (Å²) in [5.74, 6) is -0.302. The Labute approximate surface area is 186 Å².